The van der Waals surface area contributed by atoms with Gasteiger partial charge in [-0.05, 0) is 54.0 Å². The van der Waals surface area contributed by atoms with Gasteiger partial charge in [0, 0.05) is 38.7 Å². The second-order valence-corrected chi connectivity index (χ2v) is 11.1. The summed E-state index contributed by atoms with van der Waals surface area (Å²) in [5.41, 5.74) is 5.68. The van der Waals surface area contributed by atoms with Crippen LogP contribution in [0.15, 0.2) is 78.9 Å². The third-order valence-electron chi connectivity index (χ3n) is 8.19. The molecule has 9 nitrogen and oxygen atoms in total. The number of nitrogens with one attached hydrogen (secondary N) is 1. The SMILES string of the molecule is CCOC(=O)N1CCN(C(=O)[C@H](CCCCOCc2ccccc2)NC(=O)OCC2c3ccccc3-c3ccccc32)CC1. The van der Waals surface area contributed by atoms with Gasteiger partial charge in [-0.2, -0.15) is 0 Å². The van der Waals surface area contributed by atoms with E-state index in [2.05, 4.69) is 29.6 Å². The van der Waals surface area contributed by atoms with Gasteiger partial charge in [-0.25, -0.2) is 9.59 Å². The molecule has 3 amide bonds. The van der Waals surface area contributed by atoms with E-state index in [0.717, 1.165) is 34.2 Å². The molecule has 1 saturated heterocycles. The van der Waals surface area contributed by atoms with Crippen LogP contribution in [0.25, 0.3) is 11.1 Å². The van der Waals surface area contributed by atoms with Gasteiger partial charge >= 0.3 is 12.2 Å². The fourth-order valence-corrected chi connectivity index (χ4v) is 5.90. The summed E-state index contributed by atoms with van der Waals surface area (Å²) in [4.78, 5) is 42.2. The average molecular weight is 600 g/mol. The fraction of sp³-hybridized carbons (Fsp3) is 0.400. The van der Waals surface area contributed by atoms with Crippen LogP contribution in [0.3, 0.4) is 0 Å². The Morgan fingerprint density at radius 3 is 2.07 bits per heavy atom. The Labute approximate surface area is 259 Å². The molecule has 1 aliphatic heterocycles. The lowest BCUT2D eigenvalue weighted by atomic mass is 9.98. The molecule has 1 fully saturated rings. The minimum atomic E-state index is -0.742. The molecule has 44 heavy (non-hydrogen) atoms. The largest absolute Gasteiger partial charge is 0.450 e. The molecule has 1 N–H and O–H groups in total. The maximum absolute atomic E-state index is 13.6. The van der Waals surface area contributed by atoms with Gasteiger partial charge in [0.2, 0.25) is 5.91 Å². The topological polar surface area (TPSA) is 97.4 Å². The van der Waals surface area contributed by atoms with Crippen LogP contribution < -0.4 is 5.32 Å². The highest BCUT2D eigenvalue weighted by Crippen LogP contribution is 2.44. The first-order chi connectivity index (χ1) is 21.5. The number of fused-ring (bicyclic) bond motifs is 3. The zero-order chi connectivity index (χ0) is 30.7. The van der Waals surface area contributed by atoms with Crippen molar-refractivity contribution in [2.75, 3.05) is 46.0 Å². The first-order valence-corrected chi connectivity index (χ1v) is 15.5. The van der Waals surface area contributed by atoms with Gasteiger partial charge in [-0.1, -0.05) is 78.9 Å². The Balaban J connectivity index is 1.17. The van der Waals surface area contributed by atoms with Gasteiger partial charge in [-0.15, -0.1) is 0 Å². The van der Waals surface area contributed by atoms with Crippen LogP contribution in [0.5, 0.6) is 0 Å². The Bertz CT molecular complexity index is 1360. The number of rotatable bonds is 12. The average Bonchev–Trinajstić information content (AvgIpc) is 3.38. The molecule has 1 atom stereocenters. The lowest BCUT2D eigenvalue weighted by Gasteiger charge is -2.36. The zero-order valence-corrected chi connectivity index (χ0v) is 25.3. The molecule has 0 bridgehead atoms. The third-order valence-corrected chi connectivity index (χ3v) is 8.19. The summed E-state index contributed by atoms with van der Waals surface area (Å²) < 4.78 is 16.7. The van der Waals surface area contributed by atoms with Crippen molar-refractivity contribution in [3.63, 3.8) is 0 Å². The number of benzene rings is 3. The van der Waals surface area contributed by atoms with Crippen molar-refractivity contribution in [2.45, 2.75) is 44.8 Å². The maximum atomic E-state index is 13.6. The standard InChI is InChI=1S/C35H41N3O6/c1-2-43-35(41)38-21-19-37(20-22-38)33(39)32(18-10-11-23-42-24-26-12-4-3-5-13-26)36-34(40)44-25-31-29-16-8-6-14-27(29)28-15-7-9-17-30(28)31/h3-9,12-17,31-32H,2,10-11,18-25H2,1H3,(H,36,40)/t32-/m0/s1. The molecule has 9 heteroatoms. The summed E-state index contributed by atoms with van der Waals surface area (Å²) in [6.07, 6.45) is 0.909. The van der Waals surface area contributed by atoms with E-state index in [1.54, 1.807) is 16.7 Å². The second kappa shape index (κ2) is 15.4. The summed E-state index contributed by atoms with van der Waals surface area (Å²) in [6.45, 7) is 4.85. The summed E-state index contributed by atoms with van der Waals surface area (Å²) in [7, 11) is 0. The van der Waals surface area contributed by atoms with Crippen LogP contribution in [-0.2, 0) is 25.6 Å². The van der Waals surface area contributed by atoms with E-state index in [9.17, 15) is 14.4 Å². The van der Waals surface area contributed by atoms with Gasteiger partial charge in [0.1, 0.15) is 12.6 Å². The number of carbonyl (C=O) groups excluding carboxylic acids is 3. The minimum Gasteiger partial charge on any atom is -0.450 e. The normalized spacial score (nSPS) is 14.8. The Morgan fingerprint density at radius 1 is 0.795 bits per heavy atom. The third kappa shape index (κ3) is 7.77. The maximum Gasteiger partial charge on any atom is 0.409 e. The monoisotopic (exact) mass is 599 g/mol. The smallest absolute Gasteiger partial charge is 0.409 e. The fourth-order valence-electron chi connectivity index (χ4n) is 5.90. The van der Waals surface area contributed by atoms with Gasteiger partial charge < -0.3 is 29.3 Å². The molecule has 0 radical (unpaired) electrons. The van der Waals surface area contributed by atoms with Gasteiger partial charge in [0.15, 0.2) is 0 Å². The summed E-state index contributed by atoms with van der Waals surface area (Å²) in [5, 5.41) is 2.86. The van der Waals surface area contributed by atoms with Crippen molar-refractivity contribution in [3.8, 4) is 11.1 Å². The van der Waals surface area contributed by atoms with E-state index in [0.29, 0.717) is 58.8 Å². The van der Waals surface area contributed by atoms with Gasteiger partial charge in [0.25, 0.3) is 0 Å². The molecular formula is C35H41N3O6. The van der Waals surface area contributed by atoms with E-state index in [1.807, 2.05) is 54.6 Å². The van der Waals surface area contributed by atoms with Crippen LogP contribution in [0.2, 0.25) is 0 Å². The predicted octanol–water partition coefficient (Wildman–Crippen LogP) is 5.58. The van der Waals surface area contributed by atoms with Crippen molar-refractivity contribution < 1.29 is 28.6 Å². The Hall–Kier alpha value is -4.37. The first kappa shape index (κ1) is 31.1. The molecule has 2 aliphatic rings. The molecule has 5 rings (SSSR count). The van der Waals surface area contributed by atoms with Crippen LogP contribution in [0, 0.1) is 0 Å². The first-order valence-electron chi connectivity index (χ1n) is 15.5. The molecule has 0 aromatic heterocycles. The molecule has 3 aromatic carbocycles. The molecule has 3 aromatic rings. The number of unbranched alkanes of at least 4 members (excludes halogenated alkanes) is 1. The summed E-state index contributed by atoms with van der Waals surface area (Å²) in [6, 6.07) is 25.6. The van der Waals surface area contributed by atoms with E-state index in [1.165, 1.54) is 0 Å². The van der Waals surface area contributed by atoms with E-state index < -0.39 is 12.1 Å². The van der Waals surface area contributed by atoms with Crippen LogP contribution >= 0.6 is 0 Å². The molecule has 232 valence electrons. The van der Waals surface area contributed by atoms with Crippen LogP contribution in [-0.4, -0.2) is 79.9 Å². The molecule has 1 heterocycles. The molecule has 0 unspecified atom stereocenters. The van der Waals surface area contributed by atoms with E-state index in [-0.39, 0.29) is 24.5 Å². The number of piperazine rings is 1. The highest BCUT2D eigenvalue weighted by Gasteiger charge is 2.32. The predicted molar refractivity (Wildman–Crippen MR) is 167 cm³/mol. The number of ether oxygens (including phenoxy) is 3. The molecule has 1 aliphatic carbocycles. The number of hydrogen-bond acceptors (Lipinski definition) is 6. The van der Waals surface area contributed by atoms with E-state index in [4.69, 9.17) is 14.2 Å². The van der Waals surface area contributed by atoms with E-state index >= 15 is 0 Å². The molecular weight excluding hydrogens is 558 g/mol. The highest BCUT2D eigenvalue weighted by atomic mass is 16.6. The minimum absolute atomic E-state index is 0.0694. The van der Waals surface area contributed by atoms with Crippen LogP contribution in [0.4, 0.5) is 9.59 Å². The lowest BCUT2D eigenvalue weighted by molar-refractivity contribution is -0.135. The van der Waals surface area contributed by atoms with Crippen molar-refractivity contribution in [1.29, 1.82) is 0 Å². The number of carbonyl (C=O) groups is 3. The quantitative estimate of drug-likeness (QED) is 0.273. The second-order valence-electron chi connectivity index (χ2n) is 11.1. The molecule has 0 spiro atoms. The Kier molecular flexibility index (Phi) is 10.9. The van der Waals surface area contributed by atoms with Crippen molar-refractivity contribution >= 4 is 18.1 Å². The number of hydrogen-bond donors (Lipinski definition) is 1. The number of alkyl carbamates (subject to hydrolysis) is 1. The van der Waals surface area contributed by atoms with Crippen molar-refractivity contribution in [3.05, 3.63) is 95.6 Å². The lowest BCUT2D eigenvalue weighted by Crippen LogP contribution is -2.56. The van der Waals surface area contributed by atoms with Crippen molar-refractivity contribution in [2.24, 2.45) is 0 Å². The summed E-state index contributed by atoms with van der Waals surface area (Å²) in [5.74, 6) is -0.243. The van der Waals surface area contributed by atoms with Crippen LogP contribution in [0.1, 0.15) is 48.8 Å². The number of amides is 3. The van der Waals surface area contributed by atoms with Gasteiger partial charge in [0.05, 0.1) is 13.2 Å². The number of nitrogens with zero attached hydrogens (tertiary/aromatic N) is 2. The Morgan fingerprint density at radius 2 is 1.41 bits per heavy atom. The molecule has 0 saturated carbocycles. The highest BCUT2D eigenvalue weighted by molar-refractivity contribution is 5.86. The van der Waals surface area contributed by atoms with Crippen molar-refractivity contribution in [1.82, 2.24) is 15.1 Å². The summed E-state index contributed by atoms with van der Waals surface area (Å²) >= 11 is 0. The van der Waals surface area contributed by atoms with Gasteiger partial charge in [-0.3, -0.25) is 4.79 Å². The zero-order valence-electron chi connectivity index (χ0n) is 25.3.